The fourth-order valence-electron chi connectivity index (χ4n) is 3.40. The summed E-state index contributed by atoms with van der Waals surface area (Å²) in [6.45, 7) is 1.80. The number of hydrogen-bond donors (Lipinski definition) is 2. The lowest BCUT2D eigenvalue weighted by Crippen LogP contribution is -2.13. The van der Waals surface area contributed by atoms with Crippen LogP contribution in [0.4, 0.5) is 5.69 Å². The lowest BCUT2D eigenvalue weighted by atomic mass is 10.1. The van der Waals surface area contributed by atoms with Crippen LogP contribution in [-0.4, -0.2) is 25.7 Å². The Kier molecular flexibility index (Phi) is 5.45. The Balaban J connectivity index is 1.48. The minimum atomic E-state index is -3.62. The SMILES string of the molecule is Cc1cc(Oc2ccc(C3CC3)cc2)ccc1C(=O)Nc1ccc(O)c(S(C)(=O)=O)c1. The molecular weight excluding hydrogens is 414 g/mol. The van der Waals surface area contributed by atoms with E-state index >= 15 is 0 Å². The van der Waals surface area contributed by atoms with Crippen molar-refractivity contribution in [1.82, 2.24) is 0 Å². The molecule has 4 rings (SSSR count). The molecule has 1 aliphatic rings. The monoisotopic (exact) mass is 437 g/mol. The summed E-state index contributed by atoms with van der Waals surface area (Å²) in [5, 5.41) is 12.4. The summed E-state index contributed by atoms with van der Waals surface area (Å²) >= 11 is 0. The van der Waals surface area contributed by atoms with E-state index in [0.29, 0.717) is 22.8 Å². The number of nitrogens with one attached hydrogen (secondary N) is 1. The van der Waals surface area contributed by atoms with Gasteiger partial charge in [0.1, 0.15) is 22.1 Å². The van der Waals surface area contributed by atoms with Crippen LogP contribution < -0.4 is 10.1 Å². The smallest absolute Gasteiger partial charge is 0.255 e. The molecule has 0 radical (unpaired) electrons. The van der Waals surface area contributed by atoms with Gasteiger partial charge in [0, 0.05) is 17.5 Å². The van der Waals surface area contributed by atoms with Gasteiger partial charge in [-0.05, 0) is 85.3 Å². The highest BCUT2D eigenvalue weighted by molar-refractivity contribution is 7.90. The summed E-state index contributed by atoms with van der Waals surface area (Å²) in [6, 6.07) is 17.2. The zero-order valence-electron chi connectivity index (χ0n) is 17.3. The molecule has 1 aliphatic carbocycles. The summed E-state index contributed by atoms with van der Waals surface area (Å²) in [5.74, 6) is 1.30. The molecular formula is C24H23NO5S. The number of aromatic hydroxyl groups is 1. The standard InChI is InChI=1S/C24H23NO5S/c1-15-13-20(30-19-8-5-17(6-9-19)16-3-4-16)10-11-21(15)24(27)25-18-7-12-22(26)23(14-18)31(2,28)29/h5-14,16,26H,3-4H2,1-2H3,(H,25,27). The number of carbonyl (C=O) groups excluding carboxylic acids is 1. The summed E-state index contributed by atoms with van der Waals surface area (Å²) in [6.07, 6.45) is 3.50. The van der Waals surface area contributed by atoms with Crippen LogP contribution in [0.2, 0.25) is 0 Å². The molecule has 7 heteroatoms. The highest BCUT2D eigenvalue weighted by Gasteiger charge is 2.23. The predicted octanol–water partition coefficient (Wildman–Crippen LogP) is 5.03. The third kappa shape index (κ3) is 4.88. The van der Waals surface area contributed by atoms with Crippen LogP contribution in [0.5, 0.6) is 17.2 Å². The number of hydrogen-bond acceptors (Lipinski definition) is 5. The first kappa shape index (κ1) is 20.9. The molecule has 3 aromatic carbocycles. The van der Waals surface area contributed by atoms with Crippen molar-refractivity contribution < 1.29 is 23.1 Å². The van der Waals surface area contributed by atoms with Gasteiger partial charge in [0.2, 0.25) is 0 Å². The Bertz CT molecular complexity index is 1250. The highest BCUT2D eigenvalue weighted by Crippen LogP contribution is 2.40. The van der Waals surface area contributed by atoms with Crippen LogP contribution >= 0.6 is 0 Å². The van der Waals surface area contributed by atoms with Crippen molar-refractivity contribution in [3.05, 3.63) is 77.4 Å². The van der Waals surface area contributed by atoms with E-state index in [1.54, 1.807) is 25.1 Å². The number of sulfone groups is 1. The van der Waals surface area contributed by atoms with E-state index in [0.717, 1.165) is 12.0 Å². The van der Waals surface area contributed by atoms with Crippen molar-refractivity contribution in [3.63, 3.8) is 0 Å². The third-order valence-electron chi connectivity index (χ3n) is 5.22. The molecule has 0 unspecified atom stereocenters. The van der Waals surface area contributed by atoms with Crippen LogP contribution in [0.25, 0.3) is 0 Å². The predicted molar refractivity (Wildman–Crippen MR) is 119 cm³/mol. The van der Waals surface area contributed by atoms with E-state index in [-0.39, 0.29) is 22.2 Å². The Labute approximate surface area is 181 Å². The fraction of sp³-hybridized carbons (Fsp3) is 0.208. The molecule has 31 heavy (non-hydrogen) atoms. The fourth-order valence-corrected chi connectivity index (χ4v) is 4.19. The van der Waals surface area contributed by atoms with Crippen molar-refractivity contribution in [2.45, 2.75) is 30.6 Å². The van der Waals surface area contributed by atoms with Crippen LogP contribution in [0.3, 0.4) is 0 Å². The van der Waals surface area contributed by atoms with Gasteiger partial charge in [-0.25, -0.2) is 8.42 Å². The Morgan fingerprint density at radius 2 is 1.68 bits per heavy atom. The van der Waals surface area contributed by atoms with E-state index in [1.165, 1.54) is 36.6 Å². The van der Waals surface area contributed by atoms with Gasteiger partial charge in [0.05, 0.1) is 0 Å². The maximum Gasteiger partial charge on any atom is 0.255 e. The van der Waals surface area contributed by atoms with Crippen molar-refractivity contribution in [3.8, 4) is 17.2 Å². The van der Waals surface area contributed by atoms with Crippen molar-refractivity contribution >= 4 is 21.4 Å². The topological polar surface area (TPSA) is 92.7 Å². The van der Waals surface area contributed by atoms with E-state index in [9.17, 15) is 18.3 Å². The molecule has 0 saturated heterocycles. The molecule has 3 aromatic rings. The van der Waals surface area contributed by atoms with Gasteiger partial charge in [0.15, 0.2) is 9.84 Å². The van der Waals surface area contributed by atoms with Crippen molar-refractivity contribution in [1.29, 1.82) is 0 Å². The number of phenols is 1. The van der Waals surface area contributed by atoms with Gasteiger partial charge in [-0.3, -0.25) is 4.79 Å². The Morgan fingerprint density at radius 1 is 1.00 bits per heavy atom. The third-order valence-corrected chi connectivity index (χ3v) is 6.35. The number of aryl methyl sites for hydroxylation is 1. The quantitative estimate of drug-likeness (QED) is 0.528. The molecule has 0 spiro atoms. The maximum absolute atomic E-state index is 12.7. The number of amides is 1. The number of anilines is 1. The second-order valence-corrected chi connectivity index (χ2v) is 9.82. The van der Waals surface area contributed by atoms with Crippen LogP contribution in [0.1, 0.15) is 40.2 Å². The first-order valence-electron chi connectivity index (χ1n) is 9.93. The van der Waals surface area contributed by atoms with Gasteiger partial charge in [-0.15, -0.1) is 0 Å². The summed E-state index contributed by atoms with van der Waals surface area (Å²) in [5.41, 5.74) is 2.76. The molecule has 160 valence electrons. The van der Waals surface area contributed by atoms with Gasteiger partial charge < -0.3 is 15.2 Å². The number of benzene rings is 3. The molecule has 2 N–H and O–H groups in total. The average Bonchev–Trinajstić information content (AvgIpc) is 3.54. The zero-order valence-corrected chi connectivity index (χ0v) is 18.1. The summed E-state index contributed by atoms with van der Waals surface area (Å²) < 4.78 is 29.5. The van der Waals surface area contributed by atoms with E-state index in [1.807, 2.05) is 12.1 Å². The normalized spacial score (nSPS) is 13.6. The van der Waals surface area contributed by atoms with Crippen LogP contribution in [0, 0.1) is 6.92 Å². The maximum atomic E-state index is 12.7. The summed E-state index contributed by atoms with van der Waals surface area (Å²) in [7, 11) is -3.62. The molecule has 1 saturated carbocycles. The molecule has 0 aliphatic heterocycles. The second-order valence-electron chi connectivity index (χ2n) is 7.83. The Hall–Kier alpha value is -3.32. The van der Waals surface area contributed by atoms with Crippen molar-refractivity contribution in [2.24, 2.45) is 0 Å². The largest absolute Gasteiger partial charge is 0.507 e. The van der Waals surface area contributed by atoms with Crippen LogP contribution in [-0.2, 0) is 9.84 Å². The molecule has 0 atom stereocenters. The van der Waals surface area contributed by atoms with Crippen molar-refractivity contribution in [2.75, 3.05) is 11.6 Å². The minimum absolute atomic E-state index is 0.238. The lowest BCUT2D eigenvalue weighted by Gasteiger charge is -2.12. The number of rotatable bonds is 6. The molecule has 0 heterocycles. The average molecular weight is 438 g/mol. The Morgan fingerprint density at radius 3 is 2.29 bits per heavy atom. The number of ether oxygens (including phenoxy) is 1. The van der Waals surface area contributed by atoms with Gasteiger partial charge in [-0.2, -0.15) is 0 Å². The molecule has 6 nitrogen and oxygen atoms in total. The first-order chi connectivity index (χ1) is 14.7. The minimum Gasteiger partial charge on any atom is -0.507 e. The van der Waals surface area contributed by atoms with Gasteiger partial charge >= 0.3 is 0 Å². The van der Waals surface area contributed by atoms with Gasteiger partial charge in [0.25, 0.3) is 5.91 Å². The van der Waals surface area contributed by atoms with Gasteiger partial charge in [-0.1, -0.05) is 12.1 Å². The summed E-state index contributed by atoms with van der Waals surface area (Å²) in [4.78, 5) is 12.5. The zero-order chi connectivity index (χ0) is 22.2. The van der Waals surface area contributed by atoms with E-state index in [4.69, 9.17) is 4.74 Å². The molecule has 1 fully saturated rings. The number of phenolic OH excluding ortho intramolecular Hbond substituents is 1. The van der Waals surface area contributed by atoms with E-state index < -0.39 is 9.84 Å². The van der Waals surface area contributed by atoms with Crippen LogP contribution in [0.15, 0.2) is 65.6 Å². The molecule has 0 bridgehead atoms. The lowest BCUT2D eigenvalue weighted by molar-refractivity contribution is 0.102. The molecule has 1 amide bonds. The first-order valence-corrected chi connectivity index (χ1v) is 11.8. The van der Waals surface area contributed by atoms with E-state index in [2.05, 4.69) is 17.4 Å². The highest BCUT2D eigenvalue weighted by atomic mass is 32.2. The number of carbonyl (C=O) groups is 1. The molecule has 0 aromatic heterocycles. The second kappa shape index (κ2) is 8.07.